The molecule has 2 nitrogen and oxygen atoms in total. The first-order valence-electron chi connectivity index (χ1n) is 5.57. The van der Waals surface area contributed by atoms with Gasteiger partial charge in [0.05, 0.1) is 6.07 Å². The molecule has 4 heteroatoms. The molecule has 0 N–H and O–H groups in total. The van der Waals surface area contributed by atoms with Gasteiger partial charge in [0, 0.05) is 15.1 Å². The molecule has 0 heterocycles. The second-order valence-corrected chi connectivity index (χ2v) is 5.25. The first-order valence-corrected chi connectivity index (χ1v) is 6.74. The van der Waals surface area contributed by atoms with Crippen LogP contribution in [0.5, 0.6) is 0 Å². The monoisotopic (exact) mass is 333 g/mol. The Kier molecular flexibility index (Phi) is 4.36. The number of benzene rings is 2. The molecule has 1 unspecified atom stereocenters. The Morgan fingerprint density at radius 2 is 1.89 bits per heavy atom. The van der Waals surface area contributed by atoms with Gasteiger partial charge in [-0.05, 0) is 39.7 Å². The summed E-state index contributed by atoms with van der Waals surface area (Å²) in [5, 5.41) is 9.78. The van der Waals surface area contributed by atoms with Crippen molar-refractivity contribution in [3.05, 3.63) is 69.2 Å². The van der Waals surface area contributed by atoms with Gasteiger partial charge in [0.15, 0.2) is 5.78 Å². The predicted molar refractivity (Wildman–Crippen MR) is 78.3 cm³/mol. The van der Waals surface area contributed by atoms with Crippen molar-refractivity contribution < 1.29 is 4.79 Å². The van der Waals surface area contributed by atoms with Crippen LogP contribution in [0.25, 0.3) is 0 Å². The molecule has 1 atom stereocenters. The number of hydrogen-bond donors (Lipinski definition) is 0. The summed E-state index contributed by atoms with van der Waals surface area (Å²) in [5.74, 6) is -1.05. The van der Waals surface area contributed by atoms with E-state index in [9.17, 15) is 10.1 Å². The van der Waals surface area contributed by atoms with Gasteiger partial charge in [-0.25, -0.2) is 0 Å². The molecule has 0 aliphatic heterocycles. The second kappa shape index (κ2) is 6.01. The van der Waals surface area contributed by atoms with Crippen LogP contribution < -0.4 is 0 Å². The van der Waals surface area contributed by atoms with E-state index in [0.717, 1.165) is 0 Å². The lowest BCUT2D eigenvalue weighted by Gasteiger charge is -2.10. The first-order chi connectivity index (χ1) is 9.13. The van der Waals surface area contributed by atoms with Crippen molar-refractivity contribution in [3.63, 3.8) is 0 Å². The molecule has 0 aromatic heterocycles. The van der Waals surface area contributed by atoms with Crippen LogP contribution in [0.15, 0.2) is 53.0 Å². The molecule has 0 aliphatic carbocycles. The van der Waals surface area contributed by atoms with E-state index in [-0.39, 0.29) is 5.78 Å². The quantitative estimate of drug-likeness (QED) is 0.770. The van der Waals surface area contributed by atoms with Gasteiger partial charge in [-0.15, -0.1) is 0 Å². The van der Waals surface area contributed by atoms with Gasteiger partial charge < -0.3 is 0 Å². The smallest absolute Gasteiger partial charge is 0.185 e. The van der Waals surface area contributed by atoms with Gasteiger partial charge in [-0.1, -0.05) is 41.9 Å². The molecular formula is C15H9BrClNO. The molecule has 2 aromatic rings. The zero-order chi connectivity index (χ0) is 13.8. The molecule has 2 aromatic carbocycles. The number of halogens is 2. The van der Waals surface area contributed by atoms with E-state index in [1.807, 2.05) is 18.2 Å². The number of nitrogens with zero attached hydrogens (tertiary/aromatic N) is 1. The highest BCUT2D eigenvalue weighted by Gasteiger charge is 2.23. The highest BCUT2D eigenvalue weighted by Crippen LogP contribution is 2.27. The zero-order valence-corrected chi connectivity index (χ0v) is 12.1. The molecule has 19 heavy (non-hydrogen) atoms. The maximum absolute atomic E-state index is 12.4. The lowest BCUT2D eigenvalue weighted by Crippen LogP contribution is -2.11. The third-order valence-corrected chi connectivity index (χ3v) is 3.61. The van der Waals surface area contributed by atoms with E-state index in [0.29, 0.717) is 20.6 Å². The van der Waals surface area contributed by atoms with E-state index >= 15 is 0 Å². The van der Waals surface area contributed by atoms with Crippen LogP contribution in [0.4, 0.5) is 0 Å². The predicted octanol–water partition coefficient (Wildman–Crippen LogP) is 4.59. The number of nitriles is 1. The molecular weight excluding hydrogens is 326 g/mol. The van der Waals surface area contributed by atoms with Gasteiger partial charge in [0.2, 0.25) is 0 Å². The van der Waals surface area contributed by atoms with Crippen molar-refractivity contribution in [2.75, 3.05) is 0 Å². The number of carbonyl (C=O) groups excluding carboxylic acids is 1. The lowest BCUT2D eigenvalue weighted by molar-refractivity contribution is 0.0978. The Balaban J connectivity index is 2.40. The number of rotatable bonds is 3. The van der Waals surface area contributed by atoms with Crippen LogP contribution in [-0.2, 0) is 0 Å². The minimum atomic E-state index is -0.807. The molecule has 94 valence electrons. The Bertz CT molecular complexity index is 649. The number of hydrogen-bond acceptors (Lipinski definition) is 2. The maximum atomic E-state index is 12.4. The fourth-order valence-electron chi connectivity index (χ4n) is 1.77. The second-order valence-electron chi connectivity index (χ2n) is 3.96. The third kappa shape index (κ3) is 3.04. The van der Waals surface area contributed by atoms with Gasteiger partial charge in [0.1, 0.15) is 5.92 Å². The summed E-state index contributed by atoms with van der Waals surface area (Å²) in [4.78, 5) is 12.4. The first kappa shape index (κ1) is 13.8. The van der Waals surface area contributed by atoms with Crippen LogP contribution in [0.1, 0.15) is 21.8 Å². The summed E-state index contributed by atoms with van der Waals surface area (Å²) in [6.45, 7) is 0. The van der Waals surface area contributed by atoms with E-state index in [1.165, 1.54) is 0 Å². The van der Waals surface area contributed by atoms with Crippen molar-refractivity contribution in [3.8, 4) is 6.07 Å². The van der Waals surface area contributed by atoms with E-state index < -0.39 is 5.92 Å². The molecule has 0 bridgehead atoms. The van der Waals surface area contributed by atoms with Gasteiger partial charge in [-0.2, -0.15) is 5.26 Å². The van der Waals surface area contributed by atoms with E-state index in [1.54, 1.807) is 30.3 Å². The maximum Gasteiger partial charge on any atom is 0.185 e. The number of carbonyl (C=O) groups is 1. The van der Waals surface area contributed by atoms with Crippen molar-refractivity contribution in [2.45, 2.75) is 5.92 Å². The highest BCUT2D eigenvalue weighted by atomic mass is 79.9. The van der Waals surface area contributed by atoms with Gasteiger partial charge >= 0.3 is 0 Å². The van der Waals surface area contributed by atoms with Gasteiger partial charge in [-0.3, -0.25) is 4.79 Å². The van der Waals surface area contributed by atoms with Crippen molar-refractivity contribution in [2.24, 2.45) is 0 Å². The SMILES string of the molecule is N#CC(C(=O)c1ccc(Cl)cc1Br)c1ccccc1. The minimum Gasteiger partial charge on any atom is -0.292 e. The molecule has 0 saturated heterocycles. The molecule has 0 amide bonds. The van der Waals surface area contributed by atoms with Crippen LogP contribution in [0.2, 0.25) is 5.02 Å². The molecule has 0 fully saturated rings. The average molecular weight is 335 g/mol. The standard InChI is InChI=1S/C15H9BrClNO/c16-14-8-11(17)6-7-12(14)15(19)13(9-18)10-4-2-1-3-5-10/h1-8,13H. The average Bonchev–Trinajstić information content (AvgIpc) is 2.40. The summed E-state index contributed by atoms with van der Waals surface area (Å²) in [6.07, 6.45) is 0. The summed E-state index contributed by atoms with van der Waals surface area (Å²) in [6, 6.07) is 16.0. The normalized spacial score (nSPS) is 11.6. The van der Waals surface area contributed by atoms with Crippen LogP contribution >= 0.6 is 27.5 Å². The highest BCUT2D eigenvalue weighted by molar-refractivity contribution is 9.10. The van der Waals surface area contributed by atoms with E-state index in [4.69, 9.17) is 11.6 Å². The largest absolute Gasteiger partial charge is 0.292 e. The summed E-state index contributed by atoms with van der Waals surface area (Å²) in [7, 11) is 0. The van der Waals surface area contributed by atoms with Crippen LogP contribution in [0.3, 0.4) is 0 Å². The van der Waals surface area contributed by atoms with Crippen molar-refractivity contribution in [1.82, 2.24) is 0 Å². The molecule has 0 aliphatic rings. The van der Waals surface area contributed by atoms with Crippen molar-refractivity contribution in [1.29, 1.82) is 5.26 Å². The molecule has 2 rings (SSSR count). The zero-order valence-electron chi connectivity index (χ0n) is 9.81. The lowest BCUT2D eigenvalue weighted by atomic mass is 9.92. The van der Waals surface area contributed by atoms with Crippen molar-refractivity contribution >= 4 is 33.3 Å². The Hall–Kier alpha value is -1.63. The van der Waals surface area contributed by atoms with Crippen LogP contribution in [-0.4, -0.2) is 5.78 Å². The number of ketones is 1. The Labute approximate surface area is 124 Å². The van der Waals surface area contributed by atoms with Crippen LogP contribution in [0, 0.1) is 11.3 Å². The molecule has 0 saturated carbocycles. The minimum absolute atomic E-state index is 0.239. The topological polar surface area (TPSA) is 40.9 Å². The Morgan fingerprint density at radius 1 is 1.21 bits per heavy atom. The fraction of sp³-hybridized carbons (Fsp3) is 0.0667. The molecule has 0 spiro atoms. The van der Waals surface area contributed by atoms with Gasteiger partial charge in [0.25, 0.3) is 0 Å². The Morgan fingerprint density at radius 3 is 2.47 bits per heavy atom. The third-order valence-electron chi connectivity index (χ3n) is 2.72. The summed E-state index contributed by atoms with van der Waals surface area (Å²) in [5.41, 5.74) is 1.15. The summed E-state index contributed by atoms with van der Waals surface area (Å²) >= 11 is 9.15. The summed E-state index contributed by atoms with van der Waals surface area (Å²) < 4.78 is 0.598. The van der Waals surface area contributed by atoms with E-state index in [2.05, 4.69) is 22.0 Å². The number of Topliss-reactive ketones (excluding diaryl/α,β-unsaturated/α-hetero) is 1. The molecule has 0 radical (unpaired) electrons. The fourth-order valence-corrected chi connectivity index (χ4v) is 2.65.